The minimum Gasteiger partial charge on any atom is -0.506 e. The number of benzene rings is 1. The number of nitrogens with zero attached hydrogens (tertiary/aromatic N) is 8. The maximum absolute atomic E-state index is 15.2. The van der Waals surface area contributed by atoms with Crippen LogP contribution in [0.15, 0.2) is 69.2 Å². The van der Waals surface area contributed by atoms with Crippen molar-refractivity contribution in [2.24, 2.45) is 5.73 Å². The van der Waals surface area contributed by atoms with Crippen molar-refractivity contribution >= 4 is 121 Å². The number of hydrogen-bond acceptors (Lipinski definition) is 30. The Hall–Kier alpha value is -9.54. The van der Waals surface area contributed by atoms with Crippen LogP contribution in [0.5, 0.6) is 5.75 Å². The molecule has 6 amide bonds. The number of cyclic esters (lactones) is 2. The first-order valence-corrected chi connectivity index (χ1v) is 34.1. The highest BCUT2D eigenvalue weighted by atomic mass is 32.1. The molecular formula is C61H60N14O18S5. The van der Waals surface area contributed by atoms with Crippen molar-refractivity contribution in [3.63, 3.8) is 0 Å². The Bertz CT molecular complexity index is 4610. The van der Waals surface area contributed by atoms with E-state index in [4.69, 9.17) is 49.1 Å². The normalized spacial score (nSPS) is 24.0. The van der Waals surface area contributed by atoms with Gasteiger partial charge in [0.2, 0.25) is 5.91 Å². The first-order chi connectivity index (χ1) is 46.7. The lowest BCUT2D eigenvalue weighted by Crippen LogP contribution is -2.62. The molecule has 0 saturated carbocycles. The molecule has 10 atom stereocenters. The van der Waals surface area contributed by atoms with E-state index in [0.29, 0.717) is 10.3 Å². The quantitative estimate of drug-likeness (QED) is 0.0424. The zero-order valence-corrected chi connectivity index (χ0v) is 56.7. The van der Waals surface area contributed by atoms with Gasteiger partial charge in [0.25, 0.3) is 29.5 Å². The van der Waals surface area contributed by atoms with Gasteiger partial charge in [0.1, 0.15) is 120 Å². The van der Waals surface area contributed by atoms with Gasteiger partial charge in [-0.1, -0.05) is 18.7 Å². The maximum atomic E-state index is 15.2. The molecular weight excluding hydrogens is 1380 g/mol. The number of fused-ring (bicyclic) bond motifs is 15. The van der Waals surface area contributed by atoms with Crippen LogP contribution in [-0.4, -0.2) is 184 Å². The smallest absolute Gasteiger partial charge is 0.358 e. The summed E-state index contributed by atoms with van der Waals surface area (Å²) in [6.07, 6.45) is -7.56. The van der Waals surface area contributed by atoms with Crippen LogP contribution in [0, 0.1) is 0 Å². The molecule has 7 aromatic heterocycles. The molecule has 1 unspecified atom stereocenters. The number of aliphatic hydroxyl groups is 2. The fourth-order valence-corrected chi connectivity index (χ4v) is 15.9. The number of aromatic hydroxyl groups is 1. The van der Waals surface area contributed by atoms with E-state index >= 15 is 14.4 Å². The SMILES string of the molecule is C=C(NC(=O)c1csc(-c2nc3c(cc2O)-c2nc(cs2)C(=O)N[C@@H]([C@@H](C)O)C(=O)N/C(=C(\C)OC)c2nc(cs2)C(=O)N[C@@H]2c4nc(cs4)C(=O)N[C@@H](COC(=O)c4c5c6c(cccc6n4O)COC(=O)[C@@H](O[C@H]4C[C@](C)(O)[C@H](N(C)C)[C@H](C)O4)C2OC5)c2nc-3cs2)n1)C(N)=O. The molecule has 12 bridgehead atoms. The van der Waals surface area contributed by atoms with Crippen LogP contribution in [-0.2, 0) is 56.0 Å². The summed E-state index contributed by atoms with van der Waals surface area (Å²) in [4.78, 5) is 144. The van der Waals surface area contributed by atoms with Gasteiger partial charge in [-0.2, -0.15) is 4.73 Å². The van der Waals surface area contributed by atoms with Gasteiger partial charge in [-0.05, 0) is 59.5 Å². The van der Waals surface area contributed by atoms with E-state index in [0.717, 1.165) is 56.7 Å². The highest BCUT2D eigenvalue weighted by molar-refractivity contribution is 7.14. The van der Waals surface area contributed by atoms with Gasteiger partial charge in [0.15, 0.2) is 18.1 Å². The minimum atomic E-state index is -1.92. The first-order valence-electron chi connectivity index (χ1n) is 29.7. The number of ether oxygens (including phenoxy) is 6. The number of allylic oxidation sites excluding steroid dienone is 1. The number of nitrogens with two attached hydrogens (primary N) is 1. The van der Waals surface area contributed by atoms with Crippen LogP contribution in [0.3, 0.4) is 0 Å². The van der Waals surface area contributed by atoms with Gasteiger partial charge >= 0.3 is 11.9 Å². The Morgan fingerprint density at radius 3 is 2.23 bits per heavy atom. The lowest BCUT2D eigenvalue weighted by Gasteiger charge is -2.48. The van der Waals surface area contributed by atoms with Crippen molar-refractivity contribution in [3.05, 3.63) is 124 Å². The number of aromatic nitrogens is 7. The highest BCUT2D eigenvalue weighted by Crippen LogP contribution is 2.43. The number of likely N-dealkylation sites (N-methyl/N-ethyl adjacent to an activating group) is 1. The van der Waals surface area contributed by atoms with Crippen LogP contribution in [0.2, 0.25) is 0 Å². The van der Waals surface area contributed by atoms with E-state index < -0.39 is 145 Å². The fraction of sp³-hybridized carbons (Fsp3) is 0.344. The summed E-state index contributed by atoms with van der Waals surface area (Å²) in [5.74, 6) is -8.28. The summed E-state index contributed by atoms with van der Waals surface area (Å²) in [6, 6.07) is 0.628. The van der Waals surface area contributed by atoms with Crippen molar-refractivity contribution in [2.75, 3.05) is 27.8 Å². The highest BCUT2D eigenvalue weighted by Gasteiger charge is 2.50. The minimum absolute atomic E-state index is 0.00915. The number of amides is 6. The molecule has 1 fully saturated rings. The van der Waals surface area contributed by atoms with Crippen molar-refractivity contribution in [1.82, 2.24) is 66.1 Å². The van der Waals surface area contributed by atoms with Crippen LogP contribution >= 0.6 is 56.7 Å². The second kappa shape index (κ2) is 27.4. The van der Waals surface area contributed by atoms with Crippen LogP contribution in [0.1, 0.15) is 125 Å². The number of esters is 2. The molecule has 512 valence electrons. The largest absolute Gasteiger partial charge is 0.506 e. The van der Waals surface area contributed by atoms with E-state index in [9.17, 15) is 44.5 Å². The third kappa shape index (κ3) is 13.4. The third-order valence-electron chi connectivity index (χ3n) is 16.3. The zero-order valence-electron chi connectivity index (χ0n) is 52.6. The maximum Gasteiger partial charge on any atom is 0.358 e. The second-order valence-electron chi connectivity index (χ2n) is 23.3. The lowest BCUT2D eigenvalue weighted by atomic mass is 9.85. The number of primary amides is 1. The monoisotopic (exact) mass is 1440 g/mol. The third-order valence-corrected chi connectivity index (χ3v) is 20.8. The average molecular weight is 1440 g/mol. The molecule has 11 heterocycles. The Morgan fingerprint density at radius 1 is 0.857 bits per heavy atom. The summed E-state index contributed by atoms with van der Waals surface area (Å²) in [5.41, 5.74) is 2.00. The van der Waals surface area contributed by atoms with E-state index in [1.54, 1.807) is 45.0 Å². The molecule has 8 aromatic rings. The van der Waals surface area contributed by atoms with Gasteiger partial charge in [-0.3, -0.25) is 28.8 Å². The Labute approximate surface area is 574 Å². The number of nitrogens with one attached hydrogen (secondary N) is 5. The molecule has 0 radical (unpaired) electrons. The second-order valence-corrected chi connectivity index (χ2v) is 27.7. The van der Waals surface area contributed by atoms with Crippen LogP contribution in [0.4, 0.5) is 0 Å². The fourth-order valence-electron chi connectivity index (χ4n) is 11.7. The van der Waals surface area contributed by atoms with Gasteiger partial charge in [-0.15, -0.1) is 56.7 Å². The predicted molar refractivity (Wildman–Crippen MR) is 350 cm³/mol. The van der Waals surface area contributed by atoms with Crippen LogP contribution < -0.4 is 32.3 Å². The molecule has 32 nitrogen and oxygen atoms in total. The van der Waals surface area contributed by atoms with Gasteiger partial charge in [0.05, 0.1) is 48.8 Å². The number of carbonyl (C=O) groups excluding carboxylic acids is 8. The molecule has 11 N–H and O–H groups in total. The number of pyridine rings is 1. The number of methoxy groups -OCH3 is 1. The summed E-state index contributed by atoms with van der Waals surface area (Å²) < 4.78 is 38.2. The van der Waals surface area contributed by atoms with E-state index in [1.807, 2.05) is 0 Å². The summed E-state index contributed by atoms with van der Waals surface area (Å²) >= 11 is 4.46. The summed E-state index contributed by atoms with van der Waals surface area (Å²) in [6.45, 7) is 7.68. The number of hydrogen-bond donors (Lipinski definition) is 10. The standard InChI is InChI=1S/C61H60N14O18S5/c1-22(48(62)78)63-49(79)31-19-97-57(68-31)42-36(77)12-27-41(70-42)30-17-95-55(65-30)29-16-91-59(84)44-28-15-89-45(46(93-37-13-61(5,86)47(74(6)7)25(4)92-37)60(85)90-14-26-10-9-11-35(38(26)28)75(44)87)43(58-69-32(20-98-58)50(80)64-29)73-52(82)34-21-96-56(67-34)40(24(3)88-8)72-53(83)39(23(2)76)71-51(81)33-18-94-54(27)66-33/h9-12,17-21,23,25,29,37,39,43,45-47,76-77,86-87H,1,13-16H2,2-8H3,(H2,62,78)(H,63,79)(H,64,80)(H,71,81)(H,72,83)(H,73,82)/b40-24+/t23-,25+,29+,37+,39+,43+,45?,46+,47-,61+/m1/s1. The van der Waals surface area contributed by atoms with Gasteiger partial charge in [-0.25, -0.2) is 39.5 Å². The van der Waals surface area contributed by atoms with E-state index in [-0.39, 0.29) is 105 Å². The van der Waals surface area contributed by atoms with Crippen LogP contribution in [0.25, 0.3) is 49.3 Å². The van der Waals surface area contributed by atoms with Crippen molar-refractivity contribution < 1.29 is 87.3 Å². The molecule has 37 heteroatoms. The number of carbonyl (C=O) groups is 8. The molecule has 1 aromatic carbocycles. The number of rotatable bonds is 9. The van der Waals surface area contributed by atoms with Crippen molar-refractivity contribution in [2.45, 2.75) is 108 Å². The molecule has 0 aliphatic carbocycles. The predicted octanol–water partition coefficient (Wildman–Crippen LogP) is 3.89. The number of thiazole rings is 5. The van der Waals surface area contributed by atoms with Gasteiger partial charge < -0.3 is 86.2 Å². The molecule has 12 rings (SSSR count). The van der Waals surface area contributed by atoms with Crippen molar-refractivity contribution in [1.29, 1.82) is 0 Å². The number of aliphatic hydroxyl groups excluding tert-OH is 1. The molecule has 4 aliphatic rings. The molecule has 0 spiro atoms. The molecule has 4 aliphatic heterocycles. The Kier molecular flexibility index (Phi) is 19.1. The van der Waals surface area contributed by atoms with Crippen molar-refractivity contribution in [3.8, 4) is 38.4 Å². The summed E-state index contributed by atoms with van der Waals surface area (Å²) in [5, 5.41) is 67.4. The Balaban J connectivity index is 1.04. The van der Waals surface area contributed by atoms with E-state index in [1.165, 1.54) is 60.0 Å². The van der Waals surface area contributed by atoms with E-state index in [2.05, 4.69) is 48.1 Å². The first kappa shape index (κ1) is 68.4. The topological polar surface area (TPSA) is 445 Å². The average Bonchev–Trinajstić information content (AvgIpc) is 1.57. The molecule has 1 saturated heterocycles. The Morgan fingerprint density at radius 2 is 1.52 bits per heavy atom. The molecule has 98 heavy (non-hydrogen) atoms. The summed E-state index contributed by atoms with van der Waals surface area (Å²) in [7, 11) is 4.83. The van der Waals surface area contributed by atoms with Gasteiger partial charge in [0, 0.05) is 49.8 Å². The zero-order chi connectivity index (χ0) is 69.9. The lowest BCUT2D eigenvalue weighted by molar-refractivity contribution is -0.280.